The predicted octanol–water partition coefficient (Wildman–Crippen LogP) is 3.35. The molecule has 3 atom stereocenters. The van der Waals surface area contributed by atoms with Crippen LogP contribution in [0.2, 0.25) is 0 Å². The molecule has 4 heterocycles. The lowest BCUT2D eigenvalue weighted by atomic mass is 10.0. The summed E-state index contributed by atoms with van der Waals surface area (Å²) in [6, 6.07) is 3.68. The SMILES string of the molecule is CN1CC[C@@H](Nc2cccc3c2CC(c2noc(C(=O)NCC4CCOCC4)n2)N3CC(F)(F)F)[C@@H](F)C1. The van der Waals surface area contributed by atoms with Gasteiger partial charge in [-0.1, -0.05) is 11.2 Å². The van der Waals surface area contributed by atoms with Gasteiger partial charge in [-0.3, -0.25) is 4.79 Å². The standard InChI is InChI=1S/C25H32F4N6O3/c1-34-8-5-19(17(26)13-34)31-18-3-2-4-20-16(18)11-21(35(20)14-25(27,28)29)22-32-24(38-33-22)23(36)30-12-15-6-9-37-10-7-15/h2-4,15,17,19,21,31H,5-14H2,1H3,(H,30,36)/t17-,19+,21?/m0/s1. The lowest BCUT2D eigenvalue weighted by Gasteiger charge is -2.33. The minimum absolute atomic E-state index is 0.00437. The number of aromatic nitrogens is 2. The zero-order chi connectivity index (χ0) is 26.9. The molecule has 2 aromatic rings. The summed E-state index contributed by atoms with van der Waals surface area (Å²) >= 11 is 0. The molecule has 3 aliphatic heterocycles. The predicted molar refractivity (Wildman–Crippen MR) is 131 cm³/mol. The fraction of sp³-hybridized carbons (Fsp3) is 0.640. The molecule has 2 fully saturated rings. The van der Waals surface area contributed by atoms with Crippen LogP contribution in [0.15, 0.2) is 22.7 Å². The Hall–Kier alpha value is -2.93. The van der Waals surface area contributed by atoms with Crippen molar-refractivity contribution in [2.24, 2.45) is 5.92 Å². The number of rotatable bonds is 7. The lowest BCUT2D eigenvalue weighted by Crippen LogP contribution is -2.46. The number of nitrogens with one attached hydrogen (secondary N) is 2. The molecule has 1 aromatic carbocycles. The number of hydrogen-bond donors (Lipinski definition) is 2. The van der Waals surface area contributed by atoms with Crippen LogP contribution in [-0.4, -0.2) is 85.8 Å². The Labute approximate surface area is 217 Å². The van der Waals surface area contributed by atoms with Crippen molar-refractivity contribution in [3.8, 4) is 0 Å². The van der Waals surface area contributed by atoms with E-state index in [0.29, 0.717) is 43.1 Å². The van der Waals surface area contributed by atoms with E-state index in [9.17, 15) is 22.4 Å². The first-order valence-electron chi connectivity index (χ1n) is 12.9. The van der Waals surface area contributed by atoms with Crippen LogP contribution < -0.4 is 15.5 Å². The number of benzene rings is 1. The number of ether oxygens (including phenoxy) is 1. The molecular formula is C25H32F4N6O3. The number of carbonyl (C=O) groups excluding carboxylic acids is 1. The molecule has 208 valence electrons. The van der Waals surface area contributed by atoms with Crippen molar-refractivity contribution in [1.29, 1.82) is 0 Å². The minimum Gasteiger partial charge on any atom is -0.381 e. The number of anilines is 2. The van der Waals surface area contributed by atoms with Gasteiger partial charge in [-0.25, -0.2) is 4.39 Å². The maximum Gasteiger partial charge on any atom is 0.405 e. The second-order valence-corrected chi connectivity index (χ2v) is 10.3. The normalized spacial score (nSPS) is 24.9. The molecule has 0 spiro atoms. The molecule has 0 radical (unpaired) electrons. The Morgan fingerprint density at radius 1 is 1.21 bits per heavy atom. The van der Waals surface area contributed by atoms with Gasteiger partial charge in [-0.15, -0.1) is 0 Å². The van der Waals surface area contributed by atoms with Crippen LogP contribution in [0, 0.1) is 5.92 Å². The molecule has 0 bridgehead atoms. The number of nitrogens with zero attached hydrogens (tertiary/aromatic N) is 4. The zero-order valence-electron chi connectivity index (χ0n) is 21.1. The molecule has 13 heteroatoms. The number of halogens is 4. The number of hydrogen-bond acceptors (Lipinski definition) is 8. The summed E-state index contributed by atoms with van der Waals surface area (Å²) in [7, 11) is 1.85. The van der Waals surface area contributed by atoms with E-state index in [0.717, 1.165) is 19.4 Å². The summed E-state index contributed by atoms with van der Waals surface area (Å²) in [5.41, 5.74) is 1.59. The quantitative estimate of drug-likeness (QED) is 0.517. The Bertz CT molecular complexity index is 1120. The Balaban J connectivity index is 1.34. The summed E-state index contributed by atoms with van der Waals surface area (Å²) in [5, 5.41) is 9.88. The first-order valence-corrected chi connectivity index (χ1v) is 12.9. The van der Waals surface area contributed by atoms with E-state index in [1.807, 2.05) is 11.9 Å². The maximum absolute atomic E-state index is 14.7. The van der Waals surface area contributed by atoms with Gasteiger partial charge in [0.15, 0.2) is 5.82 Å². The van der Waals surface area contributed by atoms with Gasteiger partial charge in [-0.2, -0.15) is 18.2 Å². The first kappa shape index (κ1) is 26.7. The van der Waals surface area contributed by atoms with E-state index in [1.165, 1.54) is 4.90 Å². The smallest absolute Gasteiger partial charge is 0.381 e. The zero-order valence-corrected chi connectivity index (χ0v) is 21.1. The van der Waals surface area contributed by atoms with Crippen molar-refractivity contribution < 1.29 is 31.6 Å². The van der Waals surface area contributed by atoms with Gasteiger partial charge in [0.25, 0.3) is 0 Å². The lowest BCUT2D eigenvalue weighted by molar-refractivity contribution is -0.120. The summed E-state index contributed by atoms with van der Waals surface area (Å²) in [6.07, 6.45) is -3.20. The fourth-order valence-electron chi connectivity index (χ4n) is 5.43. The molecule has 2 N–H and O–H groups in total. The van der Waals surface area contributed by atoms with Crippen molar-refractivity contribution in [1.82, 2.24) is 20.4 Å². The van der Waals surface area contributed by atoms with Gasteiger partial charge >= 0.3 is 18.0 Å². The summed E-state index contributed by atoms with van der Waals surface area (Å²) in [5.74, 6) is -0.581. The molecule has 9 nitrogen and oxygen atoms in total. The number of fused-ring (bicyclic) bond motifs is 1. The van der Waals surface area contributed by atoms with E-state index in [1.54, 1.807) is 18.2 Å². The highest BCUT2D eigenvalue weighted by Crippen LogP contribution is 2.44. The van der Waals surface area contributed by atoms with Crippen LogP contribution in [0.4, 0.5) is 28.9 Å². The minimum atomic E-state index is -4.49. The third-order valence-corrected chi connectivity index (χ3v) is 7.50. The highest BCUT2D eigenvalue weighted by molar-refractivity contribution is 5.89. The molecule has 1 aromatic heterocycles. The van der Waals surface area contributed by atoms with E-state index in [2.05, 4.69) is 20.8 Å². The van der Waals surface area contributed by atoms with Crippen molar-refractivity contribution in [2.75, 3.05) is 56.7 Å². The van der Waals surface area contributed by atoms with Gasteiger partial charge in [0.1, 0.15) is 12.7 Å². The van der Waals surface area contributed by atoms with Crippen LogP contribution in [0.5, 0.6) is 0 Å². The van der Waals surface area contributed by atoms with E-state index < -0.39 is 36.9 Å². The van der Waals surface area contributed by atoms with Crippen molar-refractivity contribution in [3.63, 3.8) is 0 Å². The summed E-state index contributed by atoms with van der Waals surface area (Å²) in [4.78, 5) is 19.9. The molecule has 1 amide bonds. The third kappa shape index (κ3) is 6.04. The monoisotopic (exact) mass is 540 g/mol. The van der Waals surface area contributed by atoms with Gasteiger partial charge in [0.05, 0.1) is 12.1 Å². The average molecular weight is 541 g/mol. The largest absolute Gasteiger partial charge is 0.405 e. The fourth-order valence-corrected chi connectivity index (χ4v) is 5.43. The maximum atomic E-state index is 14.7. The summed E-state index contributed by atoms with van der Waals surface area (Å²) in [6.45, 7) is 1.49. The van der Waals surface area contributed by atoms with Gasteiger partial charge in [0, 0.05) is 56.2 Å². The molecule has 5 rings (SSSR count). The van der Waals surface area contributed by atoms with E-state index in [-0.39, 0.29) is 30.6 Å². The van der Waals surface area contributed by atoms with Crippen molar-refractivity contribution >= 4 is 17.3 Å². The van der Waals surface area contributed by atoms with Crippen molar-refractivity contribution in [3.05, 3.63) is 35.5 Å². The van der Waals surface area contributed by atoms with Gasteiger partial charge in [-0.05, 0) is 44.4 Å². The Morgan fingerprint density at radius 3 is 2.74 bits per heavy atom. The first-order chi connectivity index (χ1) is 18.2. The molecule has 1 unspecified atom stereocenters. The second-order valence-electron chi connectivity index (χ2n) is 10.3. The third-order valence-electron chi connectivity index (χ3n) is 7.50. The molecule has 38 heavy (non-hydrogen) atoms. The molecular weight excluding hydrogens is 508 g/mol. The Kier molecular flexibility index (Phi) is 7.75. The second kappa shape index (κ2) is 11.0. The molecule has 2 saturated heterocycles. The number of alkyl halides is 4. The molecule has 0 saturated carbocycles. The molecule has 0 aliphatic carbocycles. The van der Waals surface area contributed by atoms with E-state index >= 15 is 0 Å². The van der Waals surface area contributed by atoms with Gasteiger partial charge < -0.3 is 29.7 Å². The van der Waals surface area contributed by atoms with Crippen LogP contribution in [0.1, 0.15) is 47.4 Å². The number of amides is 1. The van der Waals surface area contributed by atoms with Crippen LogP contribution >= 0.6 is 0 Å². The number of carbonyl (C=O) groups is 1. The highest BCUT2D eigenvalue weighted by Gasteiger charge is 2.42. The highest BCUT2D eigenvalue weighted by atomic mass is 19.4. The van der Waals surface area contributed by atoms with Gasteiger partial charge in [0.2, 0.25) is 0 Å². The van der Waals surface area contributed by atoms with Crippen LogP contribution in [0.25, 0.3) is 0 Å². The number of piperidine rings is 1. The average Bonchev–Trinajstić information content (AvgIpc) is 3.50. The van der Waals surface area contributed by atoms with Crippen LogP contribution in [0.3, 0.4) is 0 Å². The van der Waals surface area contributed by atoms with Crippen molar-refractivity contribution in [2.45, 2.75) is 50.1 Å². The Morgan fingerprint density at radius 2 is 2.00 bits per heavy atom. The molecule has 3 aliphatic rings. The number of likely N-dealkylation sites (tertiary alicyclic amines) is 1. The van der Waals surface area contributed by atoms with Crippen LogP contribution in [-0.2, 0) is 11.2 Å². The van der Waals surface area contributed by atoms with E-state index in [4.69, 9.17) is 9.26 Å². The topological polar surface area (TPSA) is 95.8 Å². The summed E-state index contributed by atoms with van der Waals surface area (Å²) < 4.78 is 66.0.